The predicted octanol–water partition coefficient (Wildman–Crippen LogP) is 3.06. The second kappa shape index (κ2) is 6.95. The van der Waals surface area contributed by atoms with Crippen molar-refractivity contribution in [2.45, 2.75) is 0 Å². The van der Waals surface area contributed by atoms with E-state index in [1.165, 1.54) is 18.3 Å². The van der Waals surface area contributed by atoms with Crippen molar-refractivity contribution in [3.05, 3.63) is 69.8 Å². The van der Waals surface area contributed by atoms with Crippen molar-refractivity contribution in [1.29, 1.82) is 0 Å². The fourth-order valence-electron chi connectivity index (χ4n) is 1.57. The van der Waals surface area contributed by atoms with Crippen LogP contribution in [0.4, 0.5) is 5.69 Å². The van der Waals surface area contributed by atoms with Crippen LogP contribution in [0, 0.1) is 10.1 Å². The molecule has 21 heavy (non-hydrogen) atoms. The first-order chi connectivity index (χ1) is 10.2. The molecule has 2 aromatic rings. The molecule has 6 nitrogen and oxygen atoms in total. The van der Waals surface area contributed by atoms with E-state index in [9.17, 15) is 10.1 Å². The lowest BCUT2D eigenvalue weighted by atomic mass is 10.2. The summed E-state index contributed by atoms with van der Waals surface area (Å²) in [6.07, 6.45) is 3.14. The number of hydrogen-bond acceptors (Lipinski definition) is 5. The molecule has 0 fully saturated rings. The summed E-state index contributed by atoms with van der Waals surface area (Å²) in [5.41, 5.74) is 1.69. The molecule has 0 saturated carbocycles. The van der Waals surface area contributed by atoms with Gasteiger partial charge in [0.25, 0.3) is 5.69 Å². The van der Waals surface area contributed by atoms with Gasteiger partial charge in [0.05, 0.1) is 24.5 Å². The van der Waals surface area contributed by atoms with Crippen LogP contribution >= 0.6 is 0 Å². The maximum atomic E-state index is 10.5. The molecule has 0 radical (unpaired) electrons. The van der Waals surface area contributed by atoms with Crippen molar-refractivity contribution < 1.29 is 9.66 Å². The zero-order valence-corrected chi connectivity index (χ0v) is 11.3. The SMILES string of the molecule is COc1ccc(/C=N\N=C/c2ccc([N+](=O)[O-])cc2)cc1. The summed E-state index contributed by atoms with van der Waals surface area (Å²) in [7, 11) is 1.61. The zero-order chi connectivity index (χ0) is 15.1. The minimum Gasteiger partial charge on any atom is -0.497 e. The van der Waals surface area contributed by atoms with Gasteiger partial charge in [0, 0.05) is 12.1 Å². The molecule has 2 aromatic carbocycles. The van der Waals surface area contributed by atoms with Crippen LogP contribution < -0.4 is 4.74 Å². The molecular weight excluding hydrogens is 270 g/mol. The lowest BCUT2D eigenvalue weighted by Gasteiger charge is -1.97. The monoisotopic (exact) mass is 283 g/mol. The summed E-state index contributed by atoms with van der Waals surface area (Å²) in [5, 5.41) is 18.3. The summed E-state index contributed by atoms with van der Waals surface area (Å²) in [4.78, 5) is 10.1. The smallest absolute Gasteiger partial charge is 0.269 e. The maximum Gasteiger partial charge on any atom is 0.269 e. The summed E-state index contributed by atoms with van der Waals surface area (Å²) in [5.74, 6) is 0.779. The van der Waals surface area contributed by atoms with Gasteiger partial charge in [-0.3, -0.25) is 10.1 Å². The highest BCUT2D eigenvalue weighted by Crippen LogP contribution is 2.11. The standard InChI is InChI=1S/C15H13N3O3/c1-21-15-8-4-13(5-9-15)11-17-16-10-12-2-6-14(7-3-12)18(19)20/h2-11H,1H3/b16-10-,17-11-. The lowest BCUT2D eigenvalue weighted by molar-refractivity contribution is -0.384. The number of benzene rings is 2. The van der Waals surface area contributed by atoms with Crippen LogP contribution in [-0.4, -0.2) is 24.5 Å². The molecule has 0 saturated heterocycles. The van der Waals surface area contributed by atoms with E-state index in [0.717, 1.165) is 16.9 Å². The largest absolute Gasteiger partial charge is 0.497 e. The van der Waals surface area contributed by atoms with E-state index in [0.29, 0.717) is 0 Å². The van der Waals surface area contributed by atoms with Crippen molar-refractivity contribution in [2.75, 3.05) is 7.11 Å². The Kier molecular flexibility index (Phi) is 4.76. The Bertz CT molecular complexity index is 662. The number of hydrogen-bond donors (Lipinski definition) is 0. The Balaban J connectivity index is 1.97. The molecule has 0 N–H and O–H groups in total. The molecule has 106 valence electrons. The molecule has 0 unspecified atom stereocenters. The third-order valence-corrected chi connectivity index (χ3v) is 2.70. The molecule has 0 aliphatic carbocycles. The first-order valence-corrected chi connectivity index (χ1v) is 6.14. The van der Waals surface area contributed by atoms with Gasteiger partial charge >= 0.3 is 0 Å². The van der Waals surface area contributed by atoms with Gasteiger partial charge in [-0.25, -0.2) is 0 Å². The molecule has 6 heteroatoms. The molecular formula is C15H13N3O3. The number of nitro groups is 1. The minimum atomic E-state index is -0.442. The fourth-order valence-corrected chi connectivity index (χ4v) is 1.57. The van der Waals surface area contributed by atoms with Crippen LogP contribution in [0.3, 0.4) is 0 Å². The topological polar surface area (TPSA) is 77.1 Å². The Morgan fingerprint density at radius 1 is 0.952 bits per heavy atom. The number of non-ortho nitro benzene ring substituents is 1. The van der Waals surface area contributed by atoms with Crippen molar-refractivity contribution in [3.63, 3.8) is 0 Å². The normalized spacial score (nSPS) is 11.1. The molecule has 2 rings (SSSR count). The van der Waals surface area contributed by atoms with Crippen molar-refractivity contribution >= 4 is 18.1 Å². The highest BCUT2D eigenvalue weighted by Gasteiger charge is 2.02. The van der Waals surface area contributed by atoms with Crippen LogP contribution in [0.25, 0.3) is 0 Å². The molecule has 0 aromatic heterocycles. The van der Waals surface area contributed by atoms with Gasteiger partial charge < -0.3 is 4.74 Å². The average molecular weight is 283 g/mol. The van der Waals surface area contributed by atoms with Crippen molar-refractivity contribution in [1.82, 2.24) is 0 Å². The molecule has 0 spiro atoms. The number of nitro benzene ring substituents is 1. The molecule has 0 aliphatic rings. The first-order valence-electron chi connectivity index (χ1n) is 6.14. The van der Waals surface area contributed by atoms with Gasteiger partial charge in [0.15, 0.2) is 0 Å². The summed E-state index contributed by atoms with van der Waals surface area (Å²) >= 11 is 0. The number of methoxy groups -OCH3 is 1. The third kappa shape index (κ3) is 4.24. The van der Waals surface area contributed by atoms with E-state index < -0.39 is 4.92 Å². The Hall–Kier alpha value is -3.02. The van der Waals surface area contributed by atoms with E-state index >= 15 is 0 Å². The van der Waals surface area contributed by atoms with Gasteiger partial charge in [-0.1, -0.05) is 0 Å². The first kappa shape index (κ1) is 14.4. The maximum absolute atomic E-state index is 10.5. The van der Waals surface area contributed by atoms with Gasteiger partial charge in [-0.2, -0.15) is 10.2 Å². The van der Waals surface area contributed by atoms with E-state index in [2.05, 4.69) is 10.2 Å². The molecule has 0 amide bonds. The van der Waals surface area contributed by atoms with E-state index in [4.69, 9.17) is 4.74 Å². The zero-order valence-electron chi connectivity index (χ0n) is 11.3. The number of ether oxygens (including phenoxy) is 1. The van der Waals surface area contributed by atoms with Crippen molar-refractivity contribution in [3.8, 4) is 5.75 Å². The fraction of sp³-hybridized carbons (Fsp3) is 0.0667. The van der Waals surface area contributed by atoms with E-state index in [1.807, 2.05) is 24.3 Å². The van der Waals surface area contributed by atoms with Crippen LogP contribution in [0.5, 0.6) is 5.75 Å². The average Bonchev–Trinajstić information content (AvgIpc) is 2.52. The highest BCUT2D eigenvalue weighted by atomic mass is 16.6. The van der Waals surface area contributed by atoms with E-state index in [1.54, 1.807) is 25.5 Å². The van der Waals surface area contributed by atoms with E-state index in [-0.39, 0.29) is 5.69 Å². The van der Waals surface area contributed by atoms with Crippen LogP contribution in [0.15, 0.2) is 58.7 Å². The van der Waals surface area contributed by atoms with Crippen LogP contribution in [0.2, 0.25) is 0 Å². The lowest BCUT2D eigenvalue weighted by Crippen LogP contribution is -1.88. The molecule has 0 aliphatic heterocycles. The Morgan fingerprint density at radius 3 is 1.86 bits per heavy atom. The van der Waals surface area contributed by atoms with Gasteiger partial charge in [0.2, 0.25) is 0 Å². The second-order valence-electron chi connectivity index (χ2n) is 4.11. The minimum absolute atomic E-state index is 0.0499. The molecule has 0 bridgehead atoms. The Morgan fingerprint density at radius 2 is 1.43 bits per heavy atom. The van der Waals surface area contributed by atoms with Gasteiger partial charge in [0.1, 0.15) is 5.75 Å². The highest BCUT2D eigenvalue weighted by molar-refractivity contribution is 5.82. The Labute approximate surface area is 121 Å². The molecule has 0 atom stereocenters. The third-order valence-electron chi connectivity index (χ3n) is 2.70. The van der Waals surface area contributed by atoms with Gasteiger partial charge in [-0.15, -0.1) is 0 Å². The van der Waals surface area contributed by atoms with Gasteiger partial charge in [-0.05, 0) is 47.5 Å². The summed E-state index contributed by atoms with van der Waals surface area (Å²) in [6.45, 7) is 0. The van der Waals surface area contributed by atoms with Crippen molar-refractivity contribution in [2.24, 2.45) is 10.2 Å². The predicted molar refractivity (Wildman–Crippen MR) is 81.3 cm³/mol. The molecule has 0 heterocycles. The number of rotatable bonds is 5. The summed E-state index contributed by atoms with van der Waals surface area (Å²) < 4.78 is 5.06. The van der Waals surface area contributed by atoms with Crippen LogP contribution in [0.1, 0.15) is 11.1 Å². The second-order valence-corrected chi connectivity index (χ2v) is 4.11. The summed E-state index contributed by atoms with van der Waals surface area (Å²) in [6, 6.07) is 13.5. The number of nitrogens with zero attached hydrogens (tertiary/aromatic N) is 3. The van der Waals surface area contributed by atoms with Crippen LogP contribution in [-0.2, 0) is 0 Å². The quantitative estimate of drug-likeness (QED) is 0.480.